The van der Waals surface area contributed by atoms with Gasteiger partial charge in [-0.1, -0.05) is 30.3 Å². The molecule has 3 aromatic rings. The van der Waals surface area contributed by atoms with Gasteiger partial charge in [-0.05, 0) is 34.9 Å². The van der Waals surface area contributed by atoms with Gasteiger partial charge in [0.2, 0.25) is 0 Å². The fourth-order valence-corrected chi connectivity index (χ4v) is 3.47. The Labute approximate surface area is 145 Å². The number of aryl methyl sites for hydroxylation is 1. The average Bonchev–Trinajstić information content (AvgIpc) is 3.06. The summed E-state index contributed by atoms with van der Waals surface area (Å²) in [6.07, 6.45) is 3.83. The summed E-state index contributed by atoms with van der Waals surface area (Å²) in [4.78, 5) is 14.7. The van der Waals surface area contributed by atoms with Crippen LogP contribution in [0.2, 0.25) is 0 Å². The van der Waals surface area contributed by atoms with Gasteiger partial charge in [-0.25, -0.2) is 4.39 Å². The highest BCUT2D eigenvalue weighted by atomic mass is 19.1. The maximum atomic E-state index is 13.5. The minimum absolute atomic E-state index is 0.0659. The van der Waals surface area contributed by atoms with E-state index in [0.29, 0.717) is 18.7 Å². The third-order valence-electron chi connectivity index (χ3n) is 4.68. The third-order valence-corrected chi connectivity index (χ3v) is 4.68. The maximum Gasteiger partial charge on any atom is 0.254 e. The molecule has 0 saturated carbocycles. The van der Waals surface area contributed by atoms with Crippen molar-refractivity contribution >= 4 is 5.91 Å². The maximum absolute atomic E-state index is 13.5. The molecule has 0 spiro atoms. The Morgan fingerprint density at radius 3 is 2.80 bits per heavy atom. The number of halogens is 1. The van der Waals surface area contributed by atoms with Gasteiger partial charge in [0.05, 0.1) is 6.20 Å². The summed E-state index contributed by atoms with van der Waals surface area (Å²) in [6.45, 7) is 1.08. The van der Waals surface area contributed by atoms with Crippen molar-refractivity contribution in [2.24, 2.45) is 7.05 Å². The first-order valence-corrected chi connectivity index (χ1v) is 8.23. The minimum atomic E-state index is -0.396. The molecule has 2 aromatic carbocycles. The van der Waals surface area contributed by atoms with Crippen molar-refractivity contribution in [2.75, 3.05) is 6.54 Å². The molecule has 0 saturated heterocycles. The highest BCUT2D eigenvalue weighted by Gasteiger charge is 2.30. The Morgan fingerprint density at radius 1 is 1.20 bits per heavy atom. The van der Waals surface area contributed by atoms with E-state index in [-0.39, 0.29) is 11.8 Å². The first-order chi connectivity index (χ1) is 12.1. The van der Waals surface area contributed by atoms with Crippen LogP contribution < -0.4 is 0 Å². The summed E-state index contributed by atoms with van der Waals surface area (Å²) in [5.74, 6) is -0.480. The van der Waals surface area contributed by atoms with Crippen LogP contribution in [0.1, 0.15) is 33.0 Å². The molecule has 1 aromatic heterocycles. The molecule has 1 amide bonds. The van der Waals surface area contributed by atoms with Gasteiger partial charge < -0.3 is 4.90 Å². The lowest BCUT2D eigenvalue weighted by Crippen LogP contribution is -2.38. The Hall–Kier alpha value is -2.95. The summed E-state index contributed by atoms with van der Waals surface area (Å²) in [5, 5.41) is 4.27. The van der Waals surface area contributed by atoms with Crippen molar-refractivity contribution in [3.63, 3.8) is 0 Å². The summed E-state index contributed by atoms with van der Waals surface area (Å²) < 4.78 is 15.3. The van der Waals surface area contributed by atoms with Crippen LogP contribution in [0.4, 0.5) is 4.39 Å². The van der Waals surface area contributed by atoms with Gasteiger partial charge in [0.1, 0.15) is 5.82 Å². The molecule has 0 N–H and O–H groups in total. The lowest BCUT2D eigenvalue weighted by atomic mass is 9.86. The third kappa shape index (κ3) is 2.93. The fourth-order valence-electron chi connectivity index (χ4n) is 3.47. The molecule has 4 rings (SSSR count). The number of aromatic nitrogens is 2. The average molecular weight is 335 g/mol. The Balaban J connectivity index is 1.71. The normalized spacial score (nSPS) is 16.6. The van der Waals surface area contributed by atoms with E-state index < -0.39 is 5.82 Å². The van der Waals surface area contributed by atoms with Crippen molar-refractivity contribution in [3.8, 4) is 0 Å². The van der Waals surface area contributed by atoms with E-state index in [4.69, 9.17) is 0 Å². The van der Waals surface area contributed by atoms with Crippen LogP contribution in [0.3, 0.4) is 0 Å². The van der Waals surface area contributed by atoms with E-state index >= 15 is 0 Å². The topological polar surface area (TPSA) is 38.1 Å². The van der Waals surface area contributed by atoms with E-state index in [1.807, 2.05) is 37.6 Å². The van der Waals surface area contributed by atoms with Crippen molar-refractivity contribution in [2.45, 2.75) is 12.5 Å². The first kappa shape index (κ1) is 15.6. The quantitative estimate of drug-likeness (QED) is 0.720. The molecule has 0 aliphatic carbocycles. The van der Waals surface area contributed by atoms with Gasteiger partial charge in [-0.15, -0.1) is 0 Å². The first-order valence-electron chi connectivity index (χ1n) is 8.23. The number of fused-ring (bicyclic) bond motifs is 1. The minimum Gasteiger partial charge on any atom is -0.333 e. The monoisotopic (exact) mass is 335 g/mol. The lowest BCUT2D eigenvalue weighted by Gasteiger charge is -2.34. The zero-order chi connectivity index (χ0) is 17.4. The molecular formula is C20H18FN3O. The molecule has 4 nitrogen and oxygen atoms in total. The second-order valence-corrected chi connectivity index (χ2v) is 6.39. The zero-order valence-corrected chi connectivity index (χ0v) is 13.9. The number of amides is 1. The van der Waals surface area contributed by atoms with E-state index in [0.717, 1.165) is 11.1 Å². The number of carbonyl (C=O) groups is 1. The predicted octanol–water partition coefficient (Wildman–Crippen LogP) is 3.35. The molecule has 126 valence electrons. The van der Waals surface area contributed by atoms with Crippen LogP contribution in [-0.4, -0.2) is 27.1 Å². The summed E-state index contributed by atoms with van der Waals surface area (Å²) in [6, 6.07) is 14.0. The molecule has 0 fully saturated rings. The SMILES string of the molecule is Cn1cc(C2CN(C(=O)c3cccc(F)c3)Cc3ccccc32)cn1. The van der Waals surface area contributed by atoms with E-state index in [1.54, 1.807) is 21.7 Å². The van der Waals surface area contributed by atoms with Crippen LogP contribution in [0, 0.1) is 5.82 Å². The summed E-state index contributed by atoms with van der Waals surface area (Å²) in [7, 11) is 1.88. The zero-order valence-electron chi connectivity index (χ0n) is 13.9. The van der Waals surface area contributed by atoms with Gasteiger partial charge >= 0.3 is 0 Å². The van der Waals surface area contributed by atoms with Crippen LogP contribution in [-0.2, 0) is 13.6 Å². The van der Waals surface area contributed by atoms with Crippen molar-refractivity contribution in [1.82, 2.24) is 14.7 Å². The van der Waals surface area contributed by atoms with Crippen LogP contribution in [0.15, 0.2) is 60.9 Å². The highest BCUT2D eigenvalue weighted by molar-refractivity contribution is 5.94. The second kappa shape index (κ2) is 6.16. The fraction of sp³-hybridized carbons (Fsp3) is 0.200. The van der Waals surface area contributed by atoms with Crippen LogP contribution >= 0.6 is 0 Å². The molecule has 1 aliphatic rings. The van der Waals surface area contributed by atoms with Crippen molar-refractivity contribution in [3.05, 3.63) is 89.0 Å². The number of hydrogen-bond donors (Lipinski definition) is 0. The molecule has 1 atom stereocenters. The molecule has 5 heteroatoms. The van der Waals surface area contributed by atoms with Crippen LogP contribution in [0.5, 0.6) is 0 Å². The Bertz CT molecular complexity index is 934. The highest BCUT2D eigenvalue weighted by Crippen LogP contribution is 2.33. The van der Waals surface area contributed by atoms with E-state index in [2.05, 4.69) is 11.2 Å². The van der Waals surface area contributed by atoms with Crippen molar-refractivity contribution in [1.29, 1.82) is 0 Å². The van der Waals surface area contributed by atoms with Gasteiger partial charge in [-0.3, -0.25) is 9.48 Å². The molecular weight excluding hydrogens is 317 g/mol. The molecule has 1 unspecified atom stereocenters. The second-order valence-electron chi connectivity index (χ2n) is 6.39. The number of nitrogens with zero attached hydrogens (tertiary/aromatic N) is 3. The van der Waals surface area contributed by atoms with Gasteiger partial charge in [0, 0.05) is 37.8 Å². The van der Waals surface area contributed by atoms with Gasteiger partial charge in [-0.2, -0.15) is 5.10 Å². The van der Waals surface area contributed by atoms with Gasteiger partial charge in [0.15, 0.2) is 0 Å². The number of rotatable bonds is 2. The van der Waals surface area contributed by atoms with E-state index in [1.165, 1.54) is 17.7 Å². The molecule has 25 heavy (non-hydrogen) atoms. The molecule has 0 bridgehead atoms. The summed E-state index contributed by atoms with van der Waals surface area (Å²) in [5.41, 5.74) is 3.79. The standard InChI is InChI=1S/C20H18FN3O/c1-23-11-16(10-22-23)19-13-24(12-15-5-2-3-8-18(15)19)20(25)14-6-4-7-17(21)9-14/h2-11,19H,12-13H2,1H3. The lowest BCUT2D eigenvalue weighted by molar-refractivity contribution is 0.0724. The molecule has 2 heterocycles. The van der Waals surface area contributed by atoms with Crippen LogP contribution in [0.25, 0.3) is 0 Å². The molecule has 0 radical (unpaired) electrons. The number of benzene rings is 2. The van der Waals surface area contributed by atoms with Crippen molar-refractivity contribution < 1.29 is 9.18 Å². The summed E-state index contributed by atoms with van der Waals surface area (Å²) >= 11 is 0. The smallest absolute Gasteiger partial charge is 0.254 e. The van der Waals surface area contributed by atoms with E-state index in [9.17, 15) is 9.18 Å². The largest absolute Gasteiger partial charge is 0.333 e. The molecule has 1 aliphatic heterocycles. The predicted molar refractivity (Wildman–Crippen MR) is 92.6 cm³/mol. The Morgan fingerprint density at radius 2 is 2.04 bits per heavy atom. The number of carbonyl (C=O) groups excluding carboxylic acids is 1. The number of hydrogen-bond acceptors (Lipinski definition) is 2. The Kier molecular flexibility index (Phi) is 3.84. The van der Waals surface area contributed by atoms with Gasteiger partial charge in [0.25, 0.3) is 5.91 Å².